The van der Waals surface area contributed by atoms with Crippen molar-refractivity contribution >= 4 is 18.5 Å². The SMILES string of the molecule is CCN(Cc1ccccc1)C(=O)Cc1ccc(S)cc1. The molecule has 0 spiro atoms. The Kier molecular flexibility index (Phi) is 5.24. The highest BCUT2D eigenvalue weighted by atomic mass is 32.1. The van der Waals surface area contributed by atoms with Crippen molar-refractivity contribution in [3.63, 3.8) is 0 Å². The van der Waals surface area contributed by atoms with E-state index in [0.717, 1.165) is 22.6 Å². The number of hydrogen-bond donors (Lipinski definition) is 1. The Balaban J connectivity index is 2.00. The van der Waals surface area contributed by atoms with Gasteiger partial charge in [-0.3, -0.25) is 4.79 Å². The number of thiol groups is 1. The second kappa shape index (κ2) is 7.15. The minimum absolute atomic E-state index is 0.156. The van der Waals surface area contributed by atoms with Crippen LogP contribution in [-0.2, 0) is 17.8 Å². The fourth-order valence-corrected chi connectivity index (χ4v) is 2.23. The molecule has 0 aliphatic rings. The van der Waals surface area contributed by atoms with E-state index in [1.54, 1.807) is 0 Å². The lowest BCUT2D eigenvalue weighted by Gasteiger charge is -2.21. The van der Waals surface area contributed by atoms with Crippen molar-refractivity contribution in [1.82, 2.24) is 4.90 Å². The van der Waals surface area contributed by atoms with Crippen molar-refractivity contribution in [3.05, 3.63) is 65.7 Å². The maximum absolute atomic E-state index is 12.3. The molecule has 0 unspecified atom stereocenters. The molecule has 0 radical (unpaired) electrons. The van der Waals surface area contributed by atoms with Crippen molar-refractivity contribution in [2.24, 2.45) is 0 Å². The summed E-state index contributed by atoms with van der Waals surface area (Å²) in [6.07, 6.45) is 0.439. The first kappa shape index (κ1) is 14.7. The lowest BCUT2D eigenvalue weighted by atomic mass is 10.1. The molecule has 0 aliphatic heterocycles. The van der Waals surface area contributed by atoms with Crippen LogP contribution in [0.5, 0.6) is 0 Å². The molecule has 0 bridgehead atoms. The Hall–Kier alpha value is -1.74. The van der Waals surface area contributed by atoms with E-state index in [0.29, 0.717) is 13.0 Å². The van der Waals surface area contributed by atoms with Crippen LogP contribution in [0.1, 0.15) is 18.1 Å². The number of carbonyl (C=O) groups excluding carboxylic acids is 1. The minimum Gasteiger partial charge on any atom is -0.338 e. The van der Waals surface area contributed by atoms with Crippen LogP contribution in [0.2, 0.25) is 0 Å². The summed E-state index contributed by atoms with van der Waals surface area (Å²) >= 11 is 4.25. The van der Waals surface area contributed by atoms with Crippen molar-refractivity contribution in [2.75, 3.05) is 6.54 Å². The first-order chi connectivity index (χ1) is 9.69. The molecule has 1 amide bonds. The first-order valence-electron chi connectivity index (χ1n) is 6.78. The molecule has 0 aromatic heterocycles. The topological polar surface area (TPSA) is 20.3 Å². The number of likely N-dealkylation sites (N-methyl/N-ethyl adjacent to an activating group) is 1. The van der Waals surface area contributed by atoms with Crippen molar-refractivity contribution in [1.29, 1.82) is 0 Å². The molecule has 0 heterocycles. The molecule has 2 aromatic carbocycles. The third-order valence-corrected chi connectivity index (χ3v) is 3.54. The zero-order valence-corrected chi connectivity index (χ0v) is 12.5. The molecule has 2 rings (SSSR count). The predicted octanol–water partition coefficient (Wildman–Crippen LogP) is 3.57. The van der Waals surface area contributed by atoms with Gasteiger partial charge in [-0.05, 0) is 30.2 Å². The van der Waals surface area contributed by atoms with Crippen molar-refractivity contribution in [3.8, 4) is 0 Å². The van der Waals surface area contributed by atoms with Crippen LogP contribution in [-0.4, -0.2) is 17.4 Å². The zero-order valence-electron chi connectivity index (χ0n) is 11.6. The largest absolute Gasteiger partial charge is 0.338 e. The predicted molar refractivity (Wildman–Crippen MR) is 84.9 cm³/mol. The molecule has 2 aromatic rings. The zero-order chi connectivity index (χ0) is 14.4. The van der Waals surface area contributed by atoms with E-state index < -0.39 is 0 Å². The third kappa shape index (κ3) is 4.14. The first-order valence-corrected chi connectivity index (χ1v) is 7.23. The monoisotopic (exact) mass is 285 g/mol. The highest BCUT2D eigenvalue weighted by molar-refractivity contribution is 7.80. The van der Waals surface area contributed by atoms with Gasteiger partial charge in [-0.15, -0.1) is 12.6 Å². The second-order valence-corrected chi connectivity index (χ2v) is 5.25. The highest BCUT2D eigenvalue weighted by Gasteiger charge is 2.12. The molecule has 2 nitrogen and oxygen atoms in total. The Labute approximate surface area is 125 Å². The summed E-state index contributed by atoms with van der Waals surface area (Å²) in [7, 11) is 0. The fourth-order valence-electron chi connectivity index (χ4n) is 2.08. The van der Waals surface area contributed by atoms with E-state index in [9.17, 15) is 4.79 Å². The van der Waals surface area contributed by atoms with Gasteiger partial charge in [0.25, 0.3) is 0 Å². The van der Waals surface area contributed by atoms with Gasteiger partial charge in [0.15, 0.2) is 0 Å². The van der Waals surface area contributed by atoms with E-state index in [1.807, 2.05) is 66.4 Å². The lowest BCUT2D eigenvalue weighted by Crippen LogP contribution is -2.31. The molecule has 104 valence electrons. The average Bonchev–Trinajstić information content (AvgIpc) is 2.48. The van der Waals surface area contributed by atoms with Crippen LogP contribution < -0.4 is 0 Å². The molecule has 3 heteroatoms. The Morgan fingerprint density at radius 2 is 1.65 bits per heavy atom. The van der Waals surface area contributed by atoms with Gasteiger partial charge in [-0.25, -0.2) is 0 Å². The summed E-state index contributed by atoms with van der Waals surface area (Å²) in [6, 6.07) is 17.8. The second-order valence-electron chi connectivity index (χ2n) is 4.74. The van der Waals surface area contributed by atoms with Crippen LogP contribution in [0.15, 0.2) is 59.5 Å². The molecular weight excluding hydrogens is 266 g/mol. The quantitative estimate of drug-likeness (QED) is 0.833. The number of amides is 1. The van der Waals surface area contributed by atoms with Crippen molar-refractivity contribution < 1.29 is 4.79 Å². The maximum atomic E-state index is 12.3. The van der Waals surface area contributed by atoms with Gasteiger partial charge in [0.05, 0.1) is 6.42 Å². The Bertz CT molecular complexity index is 551. The molecule has 0 N–H and O–H groups in total. The van der Waals surface area contributed by atoms with E-state index in [4.69, 9.17) is 0 Å². The fraction of sp³-hybridized carbons (Fsp3) is 0.235. The van der Waals surface area contributed by atoms with Crippen LogP contribution in [0, 0.1) is 0 Å². The van der Waals surface area contributed by atoms with Crippen molar-refractivity contribution in [2.45, 2.75) is 24.8 Å². The van der Waals surface area contributed by atoms with Gasteiger partial charge in [-0.1, -0.05) is 42.5 Å². The highest BCUT2D eigenvalue weighted by Crippen LogP contribution is 2.11. The third-order valence-electron chi connectivity index (χ3n) is 3.24. The van der Waals surface area contributed by atoms with Gasteiger partial charge in [0.2, 0.25) is 5.91 Å². The van der Waals surface area contributed by atoms with Crippen LogP contribution in [0.25, 0.3) is 0 Å². The van der Waals surface area contributed by atoms with Crippen LogP contribution in [0.4, 0.5) is 0 Å². The minimum atomic E-state index is 0.156. The average molecular weight is 285 g/mol. The maximum Gasteiger partial charge on any atom is 0.227 e. The normalized spacial score (nSPS) is 10.3. The molecule has 0 aliphatic carbocycles. The van der Waals surface area contributed by atoms with Gasteiger partial charge in [0.1, 0.15) is 0 Å². The summed E-state index contributed by atoms with van der Waals surface area (Å²) in [5, 5.41) is 0. The summed E-state index contributed by atoms with van der Waals surface area (Å²) < 4.78 is 0. The van der Waals surface area contributed by atoms with Gasteiger partial charge < -0.3 is 4.90 Å². The van der Waals surface area contributed by atoms with E-state index in [-0.39, 0.29) is 5.91 Å². The summed E-state index contributed by atoms with van der Waals surface area (Å²) in [6.45, 7) is 3.40. The number of rotatable bonds is 5. The van der Waals surface area contributed by atoms with Gasteiger partial charge in [-0.2, -0.15) is 0 Å². The van der Waals surface area contributed by atoms with E-state index in [1.165, 1.54) is 0 Å². The Morgan fingerprint density at radius 3 is 2.25 bits per heavy atom. The smallest absolute Gasteiger partial charge is 0.227 e. The summed E-state index contributed by atoms with van der Waals surface area (Å²) in [5.74, 6) is 0.156. The molecule has 20 heavy (non-hydrogen) atoms. The van der Waals surface area contributed by atoms with Crippen LogP contribution in [0.3, 0.4) is 0 Å². The van der Waals surface area contributed by atoms with Gasteiger partial charge in [0, 0.05) is 18.0 Å². The number of hydrogen-bond acceptors (Lipinski definition) is 2. The molecule has 0 fully saturated rings. The molecule has 0 saturated carbocycles. The number of nitrogens with zero attached hydrogens (tertiary/aromatic N) is 1. The summed E-state index contributed by atoms with van der Waals surface area (Å²) in [5.41, 5.74) is 2.19. The lowest BCUT2D eigenvalue weighted by molar-refractivity contribution is -0.130. The molecular formula is C17H19NOS. The van der Waals surface area contributed by atoms with E-state index in [2.05, 4.69) is 12.6 Å². The number of benzene rings is 2. The molecule has 0 atom stereocenters. The number of carbonyl (C=O) groups is 1. The standard InChI is InChI=1S/C17H19NOS/c1-2-18(13-15-6-4-3-5-7-15)17(19)12-14-8-10-16(20)11-9-14/h3-11,20H,2,12-13H2,1H3. The molecule has 0 saturated heterocycles. The van der Waals surface area contributed by atoms with Gasteiger partial charge >= 0.3 is 0 Å². The summed E-state index contributed by atoms with van der Waals surface area (Å²) in [4.78, 5) is 15.1. The Morgan fingerprint density at radius 1 is 1.00 bits per heavy atom. The van der Waals surface area contributed by atoms with E-state index >= 15 is 0 Å². The van der Waals surface area contributed by atoms with Crippen LogP contribution >= 0.6 is 12.6 Å².